The van der Waals surface area contributed by atoms with Crippen LogP contribution in [-0.2, 0) is 9.53 Å². The van der Waals surface area contributed by atoms with Gasteiger partial charge in [0.1, 0.15) is 12.2 Å². The number of fused-ring (bicyclic) bond motifs is 1. The second-order valence-electron chi connectivity index (χ2n) is 8.04. The van der Waals surface area contributed by atoms with Crippen LogP contribution in [0.3, 0.4) is 0 Å². The van der Waals surface area contributed by atoms with Crippen molar-refractivity contribution in [2.24, 2.45) is 0 Å². The topological polar surface area (TPSA) is 68.3 Å². The van der Waals surface area contributed by atoms with E-state index >= 15 is 0 Å². The number of likely N-dealkylation sites (N-methyl/N-ethyl adjacent to an activating group) is 1. The van der Waals surface area contributed by atoms with Gasteiger partial charge in [0.2, 0.25) is 6.10 Å². The number of rotatable bonds is 2. The number of likely N-dealkylation sites (tertiary alicyclic amines) is 1. The summed E-state index contributed by atoms with van der Waals surface area (Å²) in [5.41, 5.74) is -0.535. The lowest BCUT2D eigenvalue weighted by atomic mass is 10.0. The van der Waals surface area contributed by atoms with E-state index < -0.39 is 11.7 Å². The van der Waals surface area contributed by atoms with Crippen molar-refractivity contribution in [3.8, 4) is 11.5 Å². The maximum absolute atomic E-state index is 12.9. The van der Waals surface area contributed by atoms with E-state index in [-0.39, 0.29) is 24.6 Å². The number of hydrogen-bond donors (Lipinski definition) is 0. The van der Waals surface area contributed by atoms with Crippen LogP contribution in [0, 0.1) is 0 Å². The van der Waals surface area contributed by atoms with Crippen molar-refractivity contribution >= 4 is 12.0 Å². The van der Waals surface area contributed by atoms with E-state index in [2.05, 4.69) is 0 Å². The maximum atomic E-state index is 12.9. The number of hydrogen-bond acceptors (Lipinski definition) is 5. The Morgan fingerprint density at radius 3 is 2.63 bits per heavy atom. The molecule has 1 fully saturated rings. The summed E-state index contributed by atoms with van der Waals surface area (Å²) in [5, 5.41) is 0. The van der Waals surface area contributed by atoms with Crippen molar-refractivity contribution in [3.63, 3.8) is 0 Å². The molecule has 2 aliphatic rings. The maximum Gasteiger partial charge on any atom is 0.410 e. The van der Waals surface area contributed by atoms with Crippen molar-refractivity contribution in [3.05, 3.63) is 24.3 Å². The van der Waals surface area contributed by atoms with Gasteiger partial charge in [0.15, 0.2) is 11.5 Å². The van der Waals surface area contributed by atoms with Crippen LogP contribution < -0.4 is 9.47 Å². The number of carbonyl (C=O) groups excluding carboxylic acids is 2. The van der Waals surface area contributed by atoms with Crippen molar-refractivity contribution in [2.75, 3.05) is 26.7 Å². The average molecular weight is 376 g/mol. The lowest BCUT2D eigenvalue weighted by Gasteiger charge is -2.39. The van der Waals surface area contributed by atoms with E-state index in [1.54, 1.807) is 22.9 Å². The summed E-state index contributed by atoms with van der Waals surface area (Å²) in [6.07, 6.45) is 0.652. The first-order valence-corrected chi connectivity index (χ1v) is 9.37. The predicted molar refractivity (Wildman–Crippen MR) is 100.0 cm³/mol. The quantitative estimate of drug-likeness (QED) is 0.794. The van der Waals surface area contributed by atoms with E-state index in [1.807, 2.05) is 39.0 Å². The van der Waals surface area contributed by atoms with Crippen molar-refractivity contribution in [1.82, 2.24) is 9.80 Å². The highest BCUT2D eigenvalue weighted by molar-refractivity contribution is 5.82. The molecule has 0 radical (unpaired) electrons. The molecule has 0 N–H and O–H groups in total. The molecule has 2 heterocycles. The highest BCUT2D eigenvalue weighted by Gasteiger charge is 2.35. The Balaban J connectivity index is 1.61. The molecule has 7 nitrogen and oxygen atoms in total. The van der Waals surface area contributed by atoms with Crippen molar-refractivity contribution < 1.29 is 23.8 Å². The second kappa shape index (κ2) is 7.66. The molecule has 0 aromatic heterocycles. The van der Waals surface area contributed by atoms with Gasteiger partial charge in [-0.25, -0.2) is 4.79 Å². The normalized spacial score (nSPS) is 22.1. The van der Waals surface area contributed by atoms with Gasteiger partial charge in [-0.15, -0.1) is 0 Å². The summed E-state index contributed by atoms with van der Waals surface area (Å²) >= 11 is 0. The summed E-state index contributed by atoms with van der Waals surface area (Å²) in [5.74, 6) is 1.09. The highest BCUT2D eigenvalue weighted by atomic mass is 16.6. The van der Waals surface area contributed by atoms with Gasteiger partial charge in [0.25, 0.3) is 5.91 Å². The molecule has 2 atom stereocenters. The van der Waals surface area contributed by atoms with Gasteiger partial charge in [-0.1, -0.05) is 12.1 Å². The fraction of sp³-hybridized carbons (Fsp3) is 0.600. The van der Waals surface area contributed by atoms with Crippen molar-refractivity contribution in [1.29, 1.82) is 0 Å². The molecule has 148 valence electrons. The van der Waals surface area contributed by atoms with E-state index in [1.165, 1.54) is 0 Å². The molecule has 0 bridgehead atoms. The van der Waals surface area contributed by atoms with Crippen LogP contribution in [0.1, 0.15) is 33.6 Å². The molecule has 2 amide bonds. The minimum absolute atomic E-state index is 0.0699. The van der Waals surface area contributed by atoms with E-state index in [9.17, 15) is 9.59 Å². The third kappa shape index (κ3) is 4.64. The van der Waals surface area contributed by atoms with Gasteiger partial charge in [-0.05, 0) is 45.7 Å². The Morgan fingerprint density at radius 1 is 1.22 bits per heavy atom. The number of ether oxygens (including phenoxy) is 3. The Bertz CT molecular complexity index is 700. The monoisotopic (exact) mass is 376 g/mol. The lowest BCUT2D eigenvalue weighted by Crippen LogP contribution is -2.54. The number of benzene rings is 1. The largest absolute Gasteiger partial charge is 0.485 e. The number of para-hydroxylation sites is 2. The van der Waals surface area contributed by atoms with Gasteiger partial charge in [-0.2, -0.15) is 0 Å². The first kappa shape index (κ1) is 19.3. The Hall–Kier alpha value is -2.44. The molecule has 1 aromatic carbocycles. The second-order valence-corrected chi connectivity index (χ2v) is 8.04. The zero-order valence-electron chi connectivity index (χ0n) is 16.4. The molecule has 27 heavy (non-hydrogen) atoms. The molecular formula is C20H28N2O5. The molecule has 0 aliphatic carbocycles. The van der Waals surface area contributed by atoms with Crippen LogP contribution >= 0.6 is 0 Å². The van der Waals surface area contributed by atoms with E-state index in [0.29, 0.717) is 24.6 Å². The summed E-state index contributed by atoms with van der Waals surface area (Å²) < 4.78 is 16.9. The lowest BCUT2D eigenvalue weighted by molar-refractivity contribution is -0.143. The zero-order chi connectivity index (χ0) is 19.6. The zero-order valence-corrected chi connectivity index (χ0v) is 16.4. The van der Waals surface area contributed by atoms with Crippen LogP contribution in [0.2, 0.25) is 0 Å². The van der Waals surface area contributed by atoms with Crippen LogP contribution in [0.15, 0.2) is 24.3 Å². The Kier molecular flexibility index (Phi) is 5.48. The molecule has 3 rings (SSSR count). The molecule has 0 spiro atoms. The molecular weight excluding hydrogens is 348 g/mol. The summed E-state index contributed by atoms with van der Waals surface area (Å²) in [6.45, 7) is 6.83. The molecule has 1 aromatic rings. The molecule has 7 heteroatoms. The molecule has 2 aliphatic heterocycles. The van der Waals surface area contributed by atoms with Gasteiger partial charge in [0.05, 0.1) is 0 Å². The number of nitrogens with zero attached hydrogens (tertiary/aromatic N) is 2. The number of piperidine rings is 1. The highest BCUT2D eigenvalue weighted by Crippen LogP contribution is 2.31. The number of carbonyl (C=O) groups is 2. The fourth-order valence-electron chi connectivity index (χ4n) is 3.31. The van der Waals surface area contributed by atoms with E-state index in [4.69, 9.17) is 14.2 Å². The van der Waals surface area contributed by atoms with Gasteiger partial charge < -0.3 is 24.0 Å². The minimum Gasteiger partial charge on any atom is -0.485 e. The standard InChI is InChI=1S/C20H28N2O5/c1-20(2,3)27-19(24)22-11-7-8-14(12-22)21(4)18(23)17-13-25-15-9-5-6-10-16(15)26-17/h5-6,9-10,14,17H,7-8,11-13H2,1-4H3/t14-,17?/m1/s1. The van der Waals surface area contributed by atoms with Gasteiger partial charge >= 0.3 is 6.09 Å². The number of amides is 2. The average Bonchev–Trinajstić information content (AvgIpc) is 2.65. The van der Waals surface area contributed by atoms with Crippen molar-refractivity contribution in [2.45, 2.75) is 51.4 Å². The molecule has 0 saturated carbocycles. The fourth-order valence-corrected chi connectivity index (χ4v) is 3.31. The predicted octanol–water partition coefficient (Wildman–Crippen LogP) is 2.68. The minimum atomic E-state index is -0.679. The van der Waals surface area contributed by atoms with Crippen LogP contribution in [-0.4, -0.2) is 66.3 Å². The SMILES string of the molecule is CN(C(=O)C1COc2ccccc2O1)[C@@H]1CCCN(C(=O)OC(C)(C)C)C1. The third-order valence-electron chi connectivity index (χ3n) is 4.73. The summed E-state index contributed by atoms with van der Waals surface area (Å²) in [7, 11) is 1.76. The van der Waals surface area contributed by atoms with Crippen LogP contribution in [0.4, 0.5) is 4.79 Å². The smallest absolute Gasteiger partial charge is 0.410 e. The van der Waals surface area contributed by atoms with Crippen LogP contribution in [0.5, 0.6) is 11.5 Å². The van der Waals surface area contributed by atoms with Gasteiger partial charge in [0, 0.05) is 26.2 Å². The molecule has 1 saturated heterocycles. The first-order chi connectivity index (χ1) is 12.7. The Morgan fingerprint density at radius 2 is 1.93 bits per heavy atom. The van der Waals surface area contributed by atoms with Crippen LogP contribution in [0.25, 0.3) is 0 Å². The molecule has 1 unspecified atom stereocenters. The Labute approximate surface area is 160 Å². The third-order valence-corrected chi connectivity index (χ3v) is 4.73. The summed E-state index contributed by atoms with van der Waals surface area (Å²) in [4.78, 5) is 28.6. The van der Waals surface area contributed by atoms with Gasteiger partial charge in [-0.3, -0.25) is 4.79 Å². The van der Waals surface area contributed by atoms with E-state index in [0.717, 1.165) is 12.8 Å². The first-order valence-electron chi connectivity index (χ1n) is 9.37. The summed E-state index contributed by atoms with van der Waals surface area (Å²) in [6, 6.07) is 7.25.